The Hall–Kier alpha value is -3.02. The third kappa shape index (κ3) is 2.83. The number of ether oxygens (including phenoxy) is 1. The van der Waals surface area contributed by atoms with E-state index < -0.39 is 11.6 Å². The van der Waals surface area contributed by atoms with E-state index in [9.17, 15) is 13.6 Å². The minimum absolute atomic E-state index is 0.0641. The highest BCUT2D eigenvalue weighted by molar-refractivity contribution is 5.85. The van der Waals surface area contributed by atoms with Crippen LogP contribution in [0.3, 0.4) is 0 Å². The van der Waals surface area contributed by atoms with Gasteiger partial charge in [-0.3, -0.25) is 4.79 Å². The molecule has 116 valence electrons. The number of benzene rings is 2. The molecule has 23 heavy (non-hydrogen) atoms. The first-order valence-corrected chi connectivity index (χ1v) is 6.77. The summed E-state index contributed by atoms with van der Waals surface area (Å²) < 4.78 is 33.2. The zero-order chi connectivity index (χ0) is 16.4. The van der Waals surface area contributed by atoms with Crippen molar-refractivity contribution in [2.45, 2.75) is 0 Å². The summed E-state index contributed by atoms with van der Waals surface area (Å²) in [7, 11) is 1.55. The lowest BCUT2D eigenvalue weighted by atomic mass is 10.1. The minimum Gasteiger partial charge on any atom is -0.497 e. The van der Waals surface area contributed by atoms with E-state index in [0.29, 0.717) is 28.9 Å². The van der Waals surface area contributed by atoms with Gasteiger partial charge in [0.1, 0.15) is 22.9 Å². The fourth-order valence-electron chi connectivity index (χ4n) is 2.24. The molecule has 0 saturated carbocycles. The molecule has 0 N–H and O–H groups in total. The van der Waals surface area contributed by atoms with Crippen LogP contribution in [0.5, 0.6) is 5.75 Å². The Morgan fingerprint density at radius 2 is 1.87 bits per heavy atom. The van der Waals surface area contributed by atoms with Gasteiger partial charge >= 0.3 is 0 Å². The van der Waals surface area contributed by atoms with Gasteiger partial charge < -0.3 is 4.74 Å². The lowest BCUT2D eigenvalue weighted by molar-refractivity contribution is 0.112. The van der Waals surface area contributed by atoms with Crippen molar-refractivity contribution < 1.29 is 18.3 Å². The Labute approximate surface area is 130 Å². The lowest BCUT2D eigenvalue weighted by Crippen LogP contribution is -1.99. The van der Waals surface area contributed by atoms with Gasteiger partial charge in [0.2, 0.25) is 0 Å². The Bertz CT molecular complexity index is 858. The van der Waals surface area contributed by atoms with Crippen LogP contribution in [-0.2, 0) is 0 Å². The molecule has 4 nitrogen and oxygen atoms in total. The molecule has 0 aliphatic heterocycles. The highest BCUT2D eigenvalue weighted by Crippen LogP contribution is 2.25. The third-order valence-electron chi connectivity index (χ3n) is 3.39. The molecule has 3 rings (SSSR count). The summed E-state index contributed by atoms with van der Waals surface area (Å²) in [5.41, 5.74) is 1.47. The molecule has 6 heteroatoms. The van der Waals surface area contributed by atoms with E-state index >= 15 is 0 Å². The number of carbonyl (C=O) groups excluding carboxylic acids is 1. The van der Waals surface area contributed by atoms with Gasteiger partial charge in [-0.25, -0.2) is 13.5 Å². The molecule has 2 aromatic carbocycles. The number of nitrogens with zero attached hydrogens (tertiary/aromatic N) is 2. The van der Waals surface area contributed by atoms with Gasteiger partial charge in [-0.1, -0.05) is 0 Å². The van der Waals surface area contributed by atoms with Crippen LogP contribution < -0.4 is 4.74 Å². The summed E-state index contributed by atoms with van der Waals surface area (Å²) >= 11 is 0. The average molecular weight is 314 g/mol. The highest BCUT2D eigenvalue weighted by atomic mass is 19.1. The fraction of sp³-hybridized carbons (Fsp3) is 0.0588. The Morgan fingerprint density at radius 3 is 2.48 bits per heavy atom. The normalized spacial score (nSPS) is 10.6. The molecule has 0 radical (unpaired) electrons. The maximum Gasteiger partial charge on any atom is 0.153 e. The van der Waals surface area contributed by atoms with Crippen LogP contribution in [0.15, 0.2) is 48.7 Å². The number of rotatable bonds is 4. The van der Waals surface area contributed by atoms with Gasteiger partial charge in [0.25, 0.3) is 0 Å². The second kappa shape index (κ2) is 6.00. The van der Waals surface area contributed by atoms with E-state index in [0.717, 1.165) is 12.1 Å². The molecule has 1 aromatic heterocycles. The molecule has 0 saturated heterocycles. The molecule has 0 aliphatic carbocycles. The van der Waals surface area contributed by atoms with Gasteiger partial charge in [-0.2, -0.15) is 5.10 Å². The lowest BCUT2D eigenvalue weighted by Gasteiger charge is -2.03. The van der Waals surface area contributed by atoms with E-state index in [-0.39, 0.29) is 5.69 Å². The van der Waals surface area contributed by atoms with Crippen LogP contribution in [0.25, 0.3) is 16.9 Å². The number of methoxy groups -OCH3 is 1. The standard InChI is InChI=1S/C17H12F2N2O2/c1-23-14-5-2-11(3-6-14)17-12(10-22)9-21(20-17)16-7-4-13(18)8-15(16)19/h2-10H,1H3. The van der Waals surface area contributed by atoms with Crippen molar-refractivity contribution >= 4 is 6.29 Å². The highest BCUT2D eigenvalue weighted by Gasteiger charge is 2.14. The quantitative estimate of drug-likeness (QED) is 0.691. The molecule has 0 fully saturated rings. The number of carbonyl (C=O) groups is 1. The van der Waals surface area contributed by atoms with E-state index in [1.165, 1.54) is 16.9 Å². The summed E-state index contributed by atoms with van der Waals surface area (Å²) in [5.74, 6) is -0.763. The number of hydrogen-bond acceptors (Lipinski definition) is 3. The molecular formula is C17H12F2N2O2. The first-order chi connectivity index (χ1) is 11.1. The zero-order valence-electron chi connectivity index (χ0n) is 12.2. The van der Waals surface area contributed by atoms with Crippen molar-refractivity contribution in [3.8, 4) is 22.7 Å². The van der Waals surface area contributed by atoms with Crippen molar-refractivity contribution in [2.75, 3.05) is 7.11 Å². The van der Waals surface area contributed by atoms with Crippen molar-refractivity contribution in [3.05, 3.63) is 65.9 Å². The molecule has 1 heterocycles. The molecule has 0 spiro atoms. The van der Waals surface area contributed by atoms with Crippen LogP contribution in [0.4, 0.5) is 8.78 Å². The predicted molar refractivity (Wildman–Crippen MR) is 80.9 cm³/mol. The number of hydrogen-bond donors (Lipinski definition) is 0. The number of aldehydes is 1. The van der Waals surface area contributed by atoms with Crippen molar-refractivity contribution in [1.29, 1.82) is 0 Å². The van der Waals surface area contributed by atoms with Crippen LogP contribution in [-0.4, -0.2) is 23.2 Å². The zero-order valence-corrected chi connectivity index (χ0v) is 12.2. The maximum absolute atomic E-state index is 13.9. The van der Waals surface area contributed by atoms with Crippen molar-refractivity contribution in [2.24, 2.45) is 0 Å². The maximum atomic E-state index is 13.9. The monoisotopic (exact) mass is 314 g/mol. The second-order valence-electron chi connectivity index (χ2n) is 4.82. The molecular weight excluding hydrogens is 302 g/mol. The van der Waals surface area contributed by atoms with E-state index in [2.05, 4.69) is 5.10 Å². The SMILES string of the molecule is COc1ccc(-c2nn(-c3ccc(F)cc3F)cc2C=O)cc1. The summed E-state index contributed by atoms with van der Waals surface area (Å²) in [5, 5.41) is 4.25. The summed E-state index contributed by atoms with van der Waals surface area (Å²) in [6.07, 6.45) is 2.05. The van der Waals surface area contributed by atoms with Gasteiger partial charge in [0.05, 0.1) is 12.7 Å². The van der Waals surface area contributed by atoms with Crippen LogP contribution in [0.1, 0.15) is 10.4 Å². The number of halogens is 2. The molecule has 0 unspecified atom stereocenters. The molecule has 0 amide bonds. The average Bonchev–Trinajstić information content (AvgIpc) is 2.99. The summed E-state index contributed by atoms with van der Waals surface area (Å²) in [6.45, 7) is 0. The third-order valence-corrected chi connectivity index (χ3v) is 3.39. The Balaban J connectivity index is 2.08. The van der Waals surface area contributed by atoms with Crippen molar-refractivity contribution in [3.63, 3.8) is 0 Å². The predicted octanol–water partition coefficient (Wildman–Crippen LogP) is 3.64. The van der Waals surface area contributed by atoms with Gasteiger partial charge in [0, 0.05) is 17.8 Å². The van der Waals surface area contributed by atoms with E-state index in [1.54, 1.807) is 31.4 Å². The van der Waals surface area contributed by atoms with E-state index in [1.807, 2.05) is 0 Å². The summed E-state index contributed by atoms with van der Waals surface area (Å²) in [4.78, 5) is 11.3. The topological polar surface area (TPSA) is 44.1 Å². The number of aromatic nitrogens is 2. The molecule has 3 aromatic rings. The largest absolute Gasteiger partial charge is 0.497 e. The fourth-order valence-corrected chi connectivity index (χ4v) is 2.24. The molecule has 0 atom stereocenters. The van der Waals surface area contributed by atoms with Gasteiger partial charge in [-0.15, -0.1) is 0 Å². The van der Waals surface area contributed by atoms with Gasteiger partial charge in [0.15, 0.2) is 12.1 Å². The van der Waals surface area contributed by atoms with Crippen LogP contribution in [0, 0.1) is 11.6 Å². The summed E-state index contributed by atoms with van der Waals surface area (Å²) in [6, 6.07) is 10.1. The van der Waals surface area contributed by atoms with E-state index in [4.69, 9.17) is 4.74 Å². The first kappa shape index (κ1) is 14.9. The minimum atomic E-state index is -0.758. The van der Waals surface area contributed by atoms with Gasteiger partial charge in [-0.05, 0) is 36.4 Å². The smallest absolute Gasteiger partial charge is 0.153 e. The van der Waals surface area contributed by atoms with Crippen molar-refractivity contribution in [1.82, 2.24) is 9.78 Å². The first-order valence-electron chi connectivity index (χ1n) is 6.77. The molecule has 0 bridgehead atoms. The van der Waals surface area contributed by atoms with Crippen LogP contribution in [0.2, 0.25) is 0 Å². The van der Waals surface area contributed by atoms with Crippen LogP contribution >= 0.6 is 0 Å². The Morgan fingerprint density at radius 1 is 1.13 bits per heavy atom. The molecule has 0 aliphatic rings. The second-order valence-corrected chi connectivity index (χ2v) is 4.82. The Kier molecular flexibility index (Phi) is 3.89.